The van der Waals surface area contributed by atoms with Crippen molar-refractivity contribution in [3.8, 4) is 0 Å². The Morgan fingerprint density at radius 2 is 1.74 bits per heavy atom. The summed E-state index contributed by atoms with van der Waals surface area (Å²) >= 11 is 0. The van der Waals surface area contributed by atoms with Crippen LogP contribution >= 0.6 is 0 Å². The van der Waals surface area contributed by atoms with Crippen LogP contribution in [0.25, 0.3) is 5.57 Å². The quantitative estimate of drug-likeness (QED) is 0.767. The van der Waals surface area contributed by atoms with Gasteiger partial charge in [0.1, 0.15) is 5.70 Å². The van der Waals surface area contributed by atoms with E-state index in [9.17, 15) is 9.59 Å². The van der Waals surface area contributed by atoms with Crippen LogP contribution in [0.15, 0.2) is 30.0 Å². The summed E-state index contributed by atoms with van der Waals surface area (Å²) in [7, 11) is 0. The number of amides is 2. The predicted octanol–water partition coefficient (Wildman–Crippen LogP) is 2.99. The number of likely N-dealkylation sites (tertiary alicyclic amines) is 1. The van der Waals surface area contributed by atoms with Gasteiger partial charge in [-0.05, 0) is 44.1 Å². The molecule has 1 aromatic carbocycles. The molecule has 0 aliphatic carbocycles. The van der Waals surface area contributed by atoms with Gasteiger partial charge < -0.3 is 9.64 Å². The molecule has 1 aromatic rings. The highest BCUT2D eigenvalue weighted by Crippen LogP contribution is 2.34. The Labute approximate surface area is 161 Å². The molecule has 3 aliphatic rings. The fourth-order valence-corrected chi connectivity index (χ4v) is 4.23. The summed E-state index contributed by atoms with van der Waals surface area (Å²) in [6.45, 7) is 7.02. The number of nitrogens with zero attached hydrogens (tertiary/aromatic N) is 2. The highest BCUT2D eigenvalue weighted by atomic mass is 16.5. The fraction of sp³-hybridized carbons (Fsp3) is 0.545. The van der Waals surface area contributed by atoms with Gasteiger partial charge >= 0.3 is 0 Å². The number of rotatable bonds is 4. The van der Waals surface area contributed by atoms with Gasteiger partial charge in [-0.3, -0.25) is 14.5 Å². The van der Waals surface area contributed by atoms with Crippen molar-refractivity contribution in [3.63, 3.8) is 0 Å². The maximum Gasteiger partial charge on any atom is 0.277 e. The first-order chi connectivity index (χ1) is 13.0. The minimum absolute atomic E-state index is 0.0297. The van der Waals surface area contributed by atoms with E-state index in [0.717, 1.165) is 56.5 Å². The molecule has 144 valence electrons. The predicted molar refractivity (Wildman–Crippen MR) is 104 cm³/mol. The zero-order valence-electron chi connectivity index (χ0n) is 16.2. The minimum Gasteiger partial charge on any atom is -0.376 e. The van der Waals surface area contributed by atoms with Crippen LogP contribution in [0.4, 0.5) is 0 Å². The average Bonchev–Trinajstić information content (AvgIpc) is 3.26. The SMILES string of the molecule is Cc1ccc(C2=C(N3CCC(C)CC3)C(=O)N(CC3CCCO3)C2=O)cc1. The molecule has 0 spiro atoms. The number of imide groups is 1. The second-order valence-corrected chi connectivity index (χ2v) is 8.12. The third-order valence-electron chi connectivity index (χ3n) is 5.99. The highest BCUT2D eigenvalue weighted by Gasteiger charge is 2.43. The molecule has 0 radical (unpaired) electrons. The largest absolute Gasteiger partial charge is 0.376 e. The summed E-state index contributed by atoms with van der Waals surface area (Å²) < 4.78 is 5.68. The summed E-state index contributed by atoms with van der Waals surface area (Å²) in [4.78, 5) is 30.1. The van der Waals surface area contributed by atoms with Gasteiger partial charge in [0.15, 0.2) is 0 Å². The molecule has 0 aromatic heterocycles. The van der Waals surface area contributed by atoms with Crippen LogP contribution < -0.4 is 0 Å². The Bertz CT molecular complexity index is 754. The van der Waals surface area contributed by atoms with Crippen molar-refractivity contribution < 1.29 is 14.3 Å². The topological polar surface area (TPSA) is 49.9 Å². The lowest BCUT2D eigenvalue weighted by Gasteiger charge is -2.32. The van der Waals surface area contributed by atoms with Crippen LogP contribution in [-0.4, -0.2) is 54.0 Å². The van der Waals surface area contributed by atoms with E-state index >= 15 is 0 Å². The number of carbonyl (C=O) groups excluding carboxylic acids is 2. The standard InChI is InChI=1S/C22H28N2O3/c1-15-5-7-17(8-6-15)19-20(23-11-9-16(2)10-12-23)22(26)24(21(19)25)14-18-4-3-13-27-18/h5-8,16,18H,3-4,9-14H2,1-2H3. The Balaban J connectivity index is 1.68. The van der Waals surface area contributed by atoms with Crippen molar-refractivity contribution in [1.82, 2.24) is 9.80 Å². The van der Waals surface area contributed by atoms with Gasteiger partial charge in [-0.2, -0.15) is 0 Å². The molecule has 3 heterocycles. The fourth-order valence-electron chi connectivity index (χ4n) is 4.23. The average molecular weight is 368 g/mol. The molecule has 5 nitrogen and oxygen atoms in total. The molecule has 4 rings (SSSR count). The maximum atomic E-state index is 13.3. The summed E-state index contributed by atoms with van der Waals surface area (Å²) in [5.41, 5.74) is 3.13. The number of aryl methyl sites for hydroxylation is 1. The van der Waals surface area contributed by atoms with Crippen molar-refractivity contribution in [2.24, 2.45) is 5.92 Å². The van der Waals surface area contributed by atoms with E-state index in [1.807, 2.05) is 31.2 Å². The molecular formula is C22H28N2O3. The molecular weight excluding hydrogens is 340 g/mol. The van der Waals surface area contributed by atoms with Crippen LogP contribution in [0.3, 0.4) is 0 Å². The highest BCUT2D eigenvalue weighted by molar-refractivity contribution is 6.35. The Kier molecular flexibility index (Phi) is 5.04. The molecule has 2 fully saturated rings. The van der Waals surface area contributed by atoms with Crippen LogP contribution in [0.1, 0.15) is 43.7 Å². The van der Waals surface area contributed by atoms with Crippen LogP contribution in [0.2, 0.25) is 0 Å². The van der Waals surface area contributed by atoms with Crippen molar-refractivity contribution >= 4 is 17.4 Å². The minimum atomic E-state index is -0.173. The second-order valence-electron chi connectivity index (χ2n) is 8.12. The van der Waals surface area contributed by atoms with Gasteiger partial charge in [-0.1, -0.05) is 36.8 Å². The first kappa shape index (κ1) is 18.2. The number of benzene rings is 1. The first-order valence-electron chi connectivity index (χ1n) is 10.1. The summed E-state index contributed by atoms with van der Waals surface area (Å²) in [5.74, 6) is 0.341. The maximum absolute atomic E-state index is 13.3. The summed E-state index contributed by atoms with van der Waals surface area (Å²) in [6.07, 6.45) is 3.98. The van der Waals surface area contributed by atoms with E-state index in [1.165, 1.54) is 4.90 Å². The van der Waals surface area contributed by atoms with Gasteiger partial charge in [-0.25, -0.2) is 0 Å². The van der Waals surface area contributed by atoms with E-state index in [1.54, 1.807) is 0 Å². The molecule has 0 N–H and O–H groups in total. The lowest BCUT2D eigenvalue weighted by Crippen LogP contribution is -2.41. The Hall–Kier alpha value is -2.14. The van der Waals surface area contributed by atoms with E-state index < -0.39 is 0 Å². The summed E-state index contributed by atoms with van der Waals surface area (Å²) in [6, 6.07) is 7.91. The van der Waals surface area contributed by atoms with Gasteiger partial charge in [0.25, 0.3) is 11.8 Å². The van der Waals surface area contributed by atoms with E-state index in [2.05, 4.69) is 11.8 Å². The van der Waals surface area contributed by atoms with E-state index in [-0.39, 0.29) is 17.9 Å². The zero-order valence-corrected chi connectivity index (χ0v) is 16.2. The monoisotopic (exact) mass is 368 g/mol. The number of carbonyl (C=O) groups is 2. The van der Waals surface area contributed by atoms with Crippen LogP contribution in [-0.2, 0) is 14.3 Å². The molecule has 3 aliphatic heterocycles. The summed E-state index contributed by atoms with van der Waals surface area (Å²) in [5, 5.41) is 0. The molecule has 2 amide bonds. The molecule has 27 heavy (non-hydrogen) atoms. The van der Waals surface area contributed by atoms with Crippen LogP contribution in [0.5, 0.6) is 0 Å². The lowest BCUT2D eigenvalue weighted by molar-refractivity contribution is -0.139. The van der Waals surface area contributed by atoms with Gasteiger partial charge in [0.05, 0.1) is 18.2 Å². The number of hydrogen-bond acceptors (Lipinski definition) is 4. The van der Waals surface area contributed by atoms with Gasteiger partial charge in [0.2, 0.25) is 0 Å². The number of hydrogen-bond donors (Lipinski definition) is 0. The van der Waals surface area contributed by atoms with Crippen molar-refractivity contribution in [3.05, 3.63) is 41.1 Å². The molecule has 1 unspecified atom stereocenters. The van der Waals surface area contributed by atoms with Crippen molar-refractivity contribution in [1.29, 1.82) is 0 Å². The van der Waals surface area contributed by atoms with E-state index in [0.29, 0.717) is 23.7 Å². The van der Waals surface area contributed by atoms with Crippen molar-refractivity contribution in [2.45, 2.75) is 45.6 Å². The number of ether oxygens (including phenoxy) is 1. The molecule has 5 heteroatoms. The van der Waals surface area contributed by atoms with Crippen LogP contribution in [0, 0.1) is 12.8 Å². The first-order valence-corrected chi connectivity index (χ1v) is 10.1. The van der Waals surface area contributed by atoms with Gasteiger partial charge in [-0.15, -0.1) is 0 Å². The zero-order chi connectivity index (χ0) is 19.0. The van der Waals surface area contributed by atoms with E-state index in [4.69, 9.17) is 4.74 Å². The Morgan fingerprint density at radius 3 is 2.37 bits per heavy atom. The third kappa shape index (κ3) is 3.53. The number of piperidine rings is 1. The molecule has 2 saturated heterocycles. The third-order valence-corrected chi connectivity index (χ3v) is 5.99. The molecule has 1 atom stereocenters. The van der Waals surface area contributed by atoms with Crippen molar-refractivity contribution in [2.75, 3.05) is 26.2 Å². The second kappa shape index (κ2) is 7.47. The lowest BCUT2D eigenvalue weighted by atomic mass is 9.97. The smallest absolute Gasteiger partial charge is 0.277 e. The molecule has 0 bridgehead atoms. The molecule has 0 saturated carbocycles. The normalized spacial score (nSPS) is 24.4. The van der Waals surface area contributed by atoms with Gasteiger partial charge in [0, 0.05) is 19.7 Å². The Morgan fingerprint density at radius 1 is 1.04 bits per heavy atom.